The first kappa shape index (κ1) is 46.4. The zero-order chi connectivity index (χ0) is 37.3. The largest absolute Gasteiger partial charge is 0.325 e. The van der Waals surface area contributed by atoms with Gasteiger partial charge in [0.25, 0.3) is 17.8 Å². The number of alkyl halides is 8. The summed E-state index contributed by atoms with van der Waals surface area (Å²) in [4.78, 5) is 13.2. The van der Waals surface area contributed by atoms with Crippen LogP contribution >= 0.6 is 44.3 Å². The summed E-state index contributed by atoms with van der Waals surface area (Å²) in [5.41, 5.74) is 11.9. The number of benzene rings is 4. The SMILES string of the molecule is Cl.Fc1cccc(C(F)(F)CBr)c1.NCC(F)(F)c1cccc(F)c1.O=C(CBr)c1cccc(F)c1.[N-]=[N+]=NCC(F)(F)c1cccc(F)c1. The summed E-state index contributed by atoms with van der Waals surface area (Å²) in [6.45, 7) is -1.82. The maximum absolute atomic E-state index is 13.1. The summed E-state index contributed by atoms with van der Waals surface area (Å²) >= 11 is 5.66. The Hall–Kier alpha value is -3.63. The van der Waals surface area contributed by atoms with E-state index in [1.165, 1.54) is 42.5 Å². The number of Topliss-reactive ketones (excluding diaryl/α,β-unsaturated/α-hetero) is 1. The Bertz CT molecular complexity index is 1640. The van der Waals surface area contributed by atoms with Gasteiger partial charge in [-0.3, -0.25) is 4.79 Å². The van der Waals surface area contributed by atoms with Gasteiger partial charge in [0.1, 0.15) is 23.3 Å². The topological polar surface area (TPSA) is 91.9 Å². The van der Waals surface area contributed by atoms with Crippen molar-refractivity contribution >= 4 is 50.1 Å². The maximum atomic E-state index is 13.1. The fraction of sp³-hybridized carbons (Fsp3) is 0.219. The van der Waals surface area contributed by atoms with Crippen molar-refractivity contribution < 1.29 is 48.7 Å². The minimum atomic E-state index is -3.33. The van der Waals surface area contributed by atoms with Gasteiger partial charge in [-0.25, -0.2) is 35.1 Å². The molecule has 0 spiro atoms. The predicted octanol–water partition coefficient (Wildman–Crippen LogP) is 11.2. The van der Waals surface area contributed by atoms with E-state index < -0.39 is 59.2 Å². The standard InChI is InChI=1S/C8H6BrF3.C8H6BrFO.C8H6F3N3.C8H8F3N.ClH/c9-5-8(11,12)6-2-1-3-7(10)4-6;9-5-8(11)6-2-1-3-7(10)4-6;9-7-3-1-2-6(4-7)8(10,11)5-13-14-12;9-7-3-1-2-6(4-7)8(10,11)5-12;/h1-4H,5H2;1-4H,5H2;1-4H,5H2;1-4H,5,12H2;1H. The zero-order valence-electron chi connectivity index (χ0n) is 25.3. The van der Waals surface area contributed by atoms with E-state index in [9.17, 15) is 48.7 Å². The van der Waals surface area contributed by atoms with E-state index in [4.69, 9.17) is 11.3 Å². The number of ketones is 1. The Morgan fingerprint density at radius 1 is 0.660 bits per heavy atom. The van der Waals surface area contributed by atoms with E-state index in [-0.39, 0.29) is 40.5 Å². The Kier molecular flexibility index (Phi) is 20.6. The molecule has 0 saturated heterocycles. The molecule has 0 fully saturated rings. The second-order valence-electron chi connectivity index (χ2n) is 9.44. The van der Waals surface area contributed by atoms with Crippen LogP contribution in [0.4, 0.5) is 43.9 Å². The molecule has 0 saturated carbocycles. The highest BCUT2D eigenvalue weighted by Gasteiger charge is 2.31. The normalized spacial score (nSPS) is 10.7. The van der Waals surface area contributed by atoms with Crippen LogP contribution in [0.1, 0.15) is 27.0 Å². The van der Waals surface area contributed by atoms with Crippen molar-refractivity contribution in [2.75, 3.05) is 23.7 Å². The molecule has 18 heteroatoms. The molecule has 0 amide bonds. The zero-order valence-corrected chi connectivity index (χ0v) is 29.3. The van der Waals surface area contributed by atoms with Gasteiger partial charge in [0.15, 0.2) is 5.78 Å². The molecule has 5 nitrogen and oxygen atoms in total. The molecule has 4 aromatic rings. The van der Waals surface area contributed by atoms with Crippen molar-refractivity contribution in [2.45, 2.75) is 17.8 Å². The lowest BCUT2D eigenvalue weighted by Crippen LogP contribution is -2.25. The van der Waals surface area contributed by atoms with Gasteiger partial charge in [-0.05, 0) is 54.1 Å². The van der Waals surface area contributed by atoms with Gasteiger partial charge in [-0.2, -0.15) is 8.78 Å². The van der Waals surface area contributed by atoms with Gasteiger partial charge in [-0.1, -0.05) is 85.5 Å². The van der Waals surface area contributed by atoms with Crippen molar-refractivity contribution in [3.05, 3.63) is 153 Å². The van der Waals surface area contributed by atoms with Crippen LogP contribution < -0.4 is 5.73 Å². The average molecular weight is 869 g/mol. The fourth-order valence-electron chi connectivity index (χ4n) is 3.29. The maximum Gasteiger partial charge on any atom is 0.285 e. The highest BCUT2D eigenvalue weighted by Crippen LogP contribution is 2.30. The Morgan fingerprint density at radius 3 is 1.38 bits per heavy atom. The first-order valence-electron chi connectivity index (χ1n) is 13.5. The lowest BCUT2D eigenvalue weighted by Gasteiger charge is -2.13. The van der Waals surface area contributed by atoms with E-state index in [1.807, 2.05) is 0 Å². The third-order valence-corrected chi connectivity index (χ3v) is 6.98. The summed E-state index contributed by atoms with van der Waals surface area (Å²) < 4.78 is 127. The molecule has 0 aliphatic carbocycles. The molecule has 4 rings (SSSR count). The molecule has 50 heavy (non-hydrogen) atoms. The smallest absolute Gasteiger partial charge is 0.285 e. The summed E-state index contributed by atoms with van der Waals surface area (Å²) in [5.74, 6) is -12.0. The number of hydrogen-bond acceptors (Lipinski definition) is 3. The second kappa shape index (κ2) is 22.2. The quantitative estimate of drug-likeness (QED) is 0.0453. The predicted molar refractivity (Wildman–Crippen MR) is 180 cm³/mol. The lowest BCUT2D eigenvalue weighted by atomic mass is 10.1. The third-order valence-electron chi connectivity index (χ3n) is 5.77. The molecule has 272 valence electrons. The van der Waals surface area contributed by atoms with Crippen LogP contribution in [0.3, 0.4) is 0 Å². The molecular weight excluding hydrogens is 842 g/mol. The van der Waals surface area contributed by atoms with Gasteiger partial charge in [0.05, 0.1) is 23.7 Å². The molecule has 0 aliphatic heterocycles. The van der Waals surface area contributed by atoms with E-state index in [2.05, 4.69) is 41.9 Å². The average Bonchev–Trinajstić information content (AvgIpc) is 3.08. The number of nitrogens with two attached hydrogens (primary N) is 1. The number of rotatable bonds is 9. The van der Waals surface area contributed by atoms with Crippen LogP contribution in [0.2, 0.25) is 0 Å². The van der Waals surface area contributed by atoms with Crippen LogP contribution in [0.5, 0.6) is 0 Å². The summed E-state index contributed by atoms with van der Waals surface area (Å²) in [6.07, 6.45) is 0. The van der Waals surface area contributed by atoms with Gasteiger partial charge in [-0.15, -0.1) is 12.4 Å². The summed E-state index contributed by atoms with van der Waals surface area (Å²) in [7, 11) is 0. The van der Waals surface area contributed by atoms with Crippen LogP contribution in [0.25, 0.3) is 10.4 Å². The van der Waals surface area contributed by atoms with Crippen molar-refractivity contribution in [3.63, 3.8) is 0 Å². The molecule has 4 aromatic carbocycles. The Balaban J connectivity index is 0.000000638. The minimum absolute atomic E-state index is 0. The number of carbonyl (C=O) groups is 1. The molecule has 0 radical (unpaired) electrons. The van der Waals surface area contributed by atoms with E-state index >= 15 is 0 Å². The monoisotopic (exact) mass is 866 g/mol. The molecular formula is C32H27Br2ClF10N4O. The number of carbonyl (C=O) groups excluding carboxylic acids is 1. The molecule has 0 aromatic heterocycles. The van der Waals surface area contributed by atoms with Gasteiger partial charge < -0.3 is 5.73 Å². The fourth-order valence-corrected chi connectivity index (χ4v) is 3.94. The highest BCUT2D eigenvalue weighted by atomic mass is 79.9. The van der Waals surface area contributed by atoms with Crippen molar-refractivity contribution in [1.29, 1.82) is 0 Å². The third kappa shape index (κ3) is 16.4. The summed E-state index contributed by atoms with van der Waals surface area (Å²) in [5, 5.41) is 2.49. The Morgan fingerprint density at radius 2 is 1.04 bits per heavy atom. The van der Waals surface area contributed by atoms with E-state index in [1.54, 1.807) is 6.07 Å². The van der Waals surface area contributed by atoms with Crippen LogP contribution in [0, 0.1) is 23.3 Å². The van der Waals surface area contributed by atoms with Crippen LogP contribution in [-0.2, 0) is 17.8 Å². The van der Waals surface area contributed by atoms with Crippen molar-refractivity contribution in [1.82, 2.24) is 0 Å². The molecule has 0 aliphatic rings. The molecule has 0 heterocycles. The van der Waals surface area contributed by atoms with Crippen molar-refractivity contribution in [3.8, 4) is 0 Å². The van der Waals surface area contributed by atoms with Crippen LogP contribution in [0.15, 0.2) is 102 Å². The molecule has 0 unspecified atom stereocenters. The first-order valence-corrected chi connectivity index (χ1v) is 15.7. The van der Waals surface area contributed by atoms with E-state index in [0.717, 1.165) is 42.5 Å². The van der Waals surface area contributed by atoms with Gasteiger partial charge >= 0.3 is 0 Å². The van der Waals surface area contributed by atoms with E-state index in [0.29, 0.717) is 11.6 Å². The van der Waals surface area contributed by atoms with Gasteiger partial charge in [0.2, 0.25) is 0 Å². The number of azide groups is 1. The lowest BCUT2D eigenvalue weighted by molar-refractivity contribution is 0.00521. The van der Waals surface area contributed by atoms with Crippen molar-refractivity contribution in [2.24, 2.45) is 10.8 Å². The first-order chi connectivity index (χ1) is 22.9. The highest BCUT2D eigenvalue weighted by molar-refractivity contribution is 9.09. The molecule has 0 bridgehead atoms. The molecule has 0 atom stereocenters. The summed E-state index contributed by atoms with van der Waals surface area (Å²) in [6, 6.07) is 18.4. The second-order valence-corrected chi connectivity index (χ2v) is 10.6. The van der Waals surface area contributed by atoms with Crippen LogP contribution in [-0.4, -0.2) is 29.5 Å². The van der Waals surface area contributed by atoms with Gasteiger partial charge in [0, 0.05) is 27.2 Å². The number of halogens is 13. The number of nitrogens with zero attached hydrogens (tertiary/aromatic N) is 3. The number of hydrogen-bond donors (Lipinski definition) is 1. The molecule has 2 N–H and O–H groups in total. The Labute approximate surface area is 303 Å². The minimum Gasteiger partial charge on any atom is -0.325 e.